The number of halogens is 2. The second kappa shape index (κ2) is 8.36. The van der Waals surface area contributed by atoms with Crippen molar-refractivity contribution in [3.8, 4) is 0 Å². The third-order valence-electron chi connectivity index (χ3n) is 5.56. The Hall–Kier alpha value is -3.06. The van der Waals surface area contributed by atoms with E-state index in [2.05, 4.69) is 5.32 Å². The van der Waals surface area contributed by atoms with Crippen LogP contribution in [-0.2, 0) is 11.3 Å². The number of carbonyl (C=O) groups is 1. The average Bonchev–Trinajstić information content (AvgIpc) is 2.73. The van der Waals surface area contributed by atoms with Crippen molar-refractivity contribution in [1.29, 1.82) is 0 Å². The van der Waals surface area contributed by atoms with Gasteiger partial charge >= 0.3 is 0 Å². The van der Waals surface area contributed by atoms with E-state index in [9.17, 15) is 18.4 Å². The summed E-state index contributed by atoms with van der Waals surface area (Å²) in [5.74, 6) is -1.48. The summed E-state index contributed by atoms with van der Waals surface area (Å²) in [5.41, 5.74) is 0.914. The van der Waals surface area contributed by atoms with Crippen molar-refractivity contribution >= 4 is 16.7 Å². The SMILES string of the molecule is Cc1c(C(=O)NCc2cccc(F)c2)c2cccc(F)c2c(=O)n1C1CCOCC1. The van der Waals surface area contributed by atoms with E-state index in [4.69, 9.17) is 4.74 Å². The van der Waals surface area contributed by atoms with Crippen LogP contribution in [0, 0.1) is 18.6 Å². The number of hydrogen-bond donors (Lipinski definition) is 1. The topological polar surface area (TPSA) is 60.3 Å². The van der Waals surface area contributed by atoms with Gasteiger partial charge < -0.3 is 14.6 Å². The van der Waals surface area contributed by atoms with Gasteiger partial charge in [0.25, 0.3) is 11.5 Å². The van der Waals surface area contributed by atoms with E-state index in [0.717, 1.165) is 0 Å². The van der Waals surface area contributed by atoms with E-state index in [0.29, 0.717) is 37.3 Å². The molecule has 0 radical (unpaired) electrons. The molecule has 1 aliphatic rings. The Morgan fingerprint density at radius 2 is 1.90 bits per heavy atom. The summed E-state index contributed by atoms with van der Waals surface area (Å²) in [5, 5.41) is 2.96. The number of carbonyl (C=O) groups excluding carboxylic acids is 1. The van der Waals surface area contributed by atoms with Crippen LogP contribution in [0.25, 0.3) is 10.8 Å². The Balaban J connectivity index is 1.80. The summed E-state index contributed by atoms with van der Waals surface area (Å²) in [6.45, 7) is 2.83. The molecule has 4 rings (SSSR count). The number of nitrogens with zero attached hydrogens (tertiary/aromatic N) is 1. The van der Waals surface area contributed by atoms with Gasteiger partial charge in [0.1, 0.15) is 11.6 Å². The minimum Gasteiger partial charge on any atom is -0.381 e. The van der Waals surface area contributed by atoms with Crippen LogP contribution < -0.4 is 10.9 Å². The lowest BCUT2D eigenvalue weighted by Crippen LogP contribution is -2.34. The second-order valence-electron chi connectivity index (χ2n) is 7.45. The maximum absolute atomic E-state index is 14.7. The molecule has 1 fully saturated rings. The summed E-state index contributed by atoms with van der Waals surface area (Å²) in [6, 6.07) is 10.1. The lowest BCUT2D eigenvalue weighted by atomic mass is 10.00. The number of aromatic nitrogens is 1. The zero-order chi connectivity index (χ0) is 21.3. The van der Waals surface area contributed by atoms with Gasteiger partial charge in [0.05, 0.1) is 10.9 Å². The quantitative estimate of drug-likeness (QED) is 0.708. The third-order valence-corrected chi connectivity index (χ3v) is 5.56. The molecule has 1 aliphatic heterocycles. The molecule has 1 aromatic heterocycles. The molecule has 156 valence electrons. The zero-order valence-corrected chi connectivity index (χ0v) is 16.6. The highest BCUT2D eigenvalue weighted by atomic mass is 19.1. The van der Waals surface area contributed by atoms with Crippen LogP contribution in [0.2, 0.25) is 0 Å². The second-order valence-corrected chi connectivity index (χ2v) is 7.45. The van der Waals surface area contributed by atoms with E-state index in [1.807, 2.05) is 0 Å². The van der Waals surface area contributed by atoms with Crippen LogP contribution in [-0.4, -0.2) is 23.7 Å². The van der Waals surface area contributed by atoms with Crippen molar-refractivity contribution in [2.24, 2.45) is 0 Å². The number of fused-ring (bicyclic) bond motifs is 1. The van der Waals surface area contributed by atoms with Crippen molar-refractivity contribution in [2.45, 2.75) is 32.4 Å². The van der Waals surface area contributed by atoms with Crippen molar-refractivity contribution < 1.29 is 18.3 Å². The lowest BCUT2D eigenvalue weighted by molar-refractivity contribution is 0.0681. The van der Waals surface area contributed by atoms with E-state index in [1.165, 1.54) is 28.8 Å². The smallest absolute Gasteiger partial charge is 0.261 e. The fraction of sp³-hybridized carbons (Fsp3) is 0.304. The first-order valence-electron chi connectivity index (χ1n) is 9.91. The summed E-state index contributed by atoms with van der Waals surface area (Å²) in [7, 11) is 0. The molecule has 2 aromatic carbocycles. The first kappa shape index (κ1) is 20.2. The summed E-state index contributed by atoms with van der Waals surface area (Å²) < 4.78 is 35.0. The number of amides is 1. The molecule has 0 saturated carbocycles. The van der Waals surface area contributed by atoms with Crippen LogP contribution >= 0.6 is 0 Å². The predicted molar refractivity (Wildman–Crippen MR) is 110 cm³/mol. The Bertz CT molecular complexity index is 1170. The molecule has 0 bridgehead atoms. The molecular formula is C23H22F2N2O3. The van der Waals surface area contributed by atoms with E-state index < -0.39 is 23.1 Å². The van der Waals surface area contributed by atoms with Gasteiger partial charge in [-0.05, 0) is 43.5 Å². The first-order chi connectivity index (χ1) is 14.5. The highest BCUT2D eigenvalue weighted by molar-refractivity contribution is 6.07. The molecule has 3 aromatic rings. The maximum Gasteiger partial charge on any atom is 0.261 e. The van der Waals surface area contributed by atoms with Crippen molar-refractivity contribution in [3.05, 3.63) is 81.3 Å². The standard InChI is InChI=1S/C23H22F2N2O3/c1-14-20(22(28)26-13-15-4-2-5-16(24)12-15)18-6-3-7-19(25)21(18)23(29)27(14)17-8-10-30-11-9-17/h2-7,12,17H,8-11,13H2,1H3,(H,26,28). The monoisotopic (exact) mass is 412 g/mol. The summed E-state index contributed by atoms with van der Waals surface area (Å²) in [4.78, 5) is 26.3. The van der Waals surface area contributed by atoms with Gasteiger partial charge in [0.15, 0.2) is 0 Å². The van der Waals surface area contributed by atoms with Crippen molar-refractivity contribution in [1.82, 2.24) is 9.88 Å². The molecule has 0 aliphatic carbocycles. The van der Waals surface area contributed by atoms with Crippen LogP contribution in [0.3, 0.4) is 0 Å². The first-order valence-corrected chi connectivity index (χ1v) is 9.91. The molecule has 1 amide bonds. The molecule has 2 heterocycles. The van der Waals surface area contributed by atoms with Gasteiger partial charge in [-0.15, -0.1) is 0 Å². The van der Waals surface area contributed by atoms with Gasteiger partial charge in [0, 0.05) is 36.9 Å². The Kier molecular flexibility index (Phi) is 5.63. The fourth-order valence-corrected chi connectivity index (χ4v) is 4.13. The molecule has 1 N–H and O–H groups in total. The van der Waals surface area contributed by atoms with E-state index in [-0.39, 0.29) is 28.9 Å². The number of rotatable bonds is 4. The molecule has 0 atom stereocenters. The normalized spacial score (nSPS) is 14.8. The van der Waals surface area contributed by atoms with Gasteiger partial charge in [-0.2, -0.15) is 0 Å². The number of benzene rings is 2. The number of nitrogens with one attached hydrogen (secondary N) is 1. The minimum atomic E-state index is -0.655. The van der Waals surface area contributed by atoms with Gasteiger partial charge in [-0.1, -0.05) is 24.3 Å². The highest BCUT2D eigenvalue weighted by Crippen LogP contribution is 2.27. The molecule has 0 unspecified atom stereocenters. The maximum atomic E-state index is 14.7. The summed E-state index contributed by atoms with van der Waals surface area (Å²) >= 11 is 0. The van der Waals surface area contributed by atoms with Gasteiger partial charge in [-0.3, -0.25) is 9.59 Å². The van der Waals surface area contributed by atoms with E-state index in [1.54, 1.807) is 25.1 Å². The number of pyridine rings is 1. The minimum absolute atomic E-state index is 0.0921. The van der Waals surface area contributed by atoms with E-state index >= 15 is 0 Å². The van der Waals surface area contributed by atoms with Crippen LogP contribution in [0.15, 0.2) is 47.3 Å². The molecule has 1 saturated heterocycles. The fourth-order valence-electron chi connectivity index (χ4n) is 4.13. The zero-order valence-electron chi connectivity index (χ0n) is 16.6. The summed E-state index contributed by atoms with van der Waals surface area (Å²) in [6.07, 6.45) is 1.23. The molecule has 5 nitrogen and oxygen atoms in total. The Morgan fingerprint density at radius 3 is 2.63 bits per heavy atom. The molecule has 7 heteroatoms. The number of hydrogen-bond acceptors (Lipinski definition) is 3. The van der Waals surface area contributed by atoms with Crippen LogP contribution in [0.5, 0.6) is 0 Å². The Labute approximate surface area is 172 Å². The molecule has 30 heavy (non-hydrogen) atoms. The van der Waals surface area contributed by atoms with Crippen LogP contribution in [0.4, 0.5) is 8.78 Å². The van der Waals surface area contributed by atoms with Crippen molar-refractivity contribution in [3.63, 3.8) is 0 Å². The van der Waals surface area contributed by atoms with Gasteiger partial charge in [0.2, 0.25) is 0 Å². The van der Waals surface area contributed by atoms with Crippen molar-refractivity contribution in [2.75, 3.05) is 13.2 Å². The largest absolute Gasteiger partial charge is 0.381 e. The molecule has 0 spiro atoms. The van der Waals surface area contributed by atoms with Gasteiger partial charge in [-0.25, -0.2) is 8.78 Å². The third kappa shape index (κ3) is 3.73. The van der Waals surface area contributed by atoms with Crippen LogP contribution in [0.1, 0.15) is 40.5 Å². The Morgan fingerprint density at radius 1 is 1.17 bits per heavy atom. The average molecular weight is 412 g/mol. The highest BCUT2D eigenvalue weighted by Gasteiger charge is 2.26. The number of ether oxygens (including phenoxy) is 1. The lowest BCUT2D eigenvalue weighted by Gasteiger charge is -2.28. The predicted octanol–water partition coefficient (Wildman–Crippen LogP) is 3.87. The molecular weight excluding hydrogens is 390 g/mol.